The van der Waals surface area contributed by atoms with Crippen LogP contribution in [0.4, 0.5) is 0 Å². The highest BCUT2D eigenvalue weighted by molar-refractivity contribution is 9.10. The van der Waals surface area contributed by atoms with Crippen molar-refractivity contribution in [1.82, 2.24) is 0 Å². The summed E-state index contributed by atoms with van der Waals surface area (Å²) in [6, 6.07) is 5.85. The smallest absolute Gasteiger partial charge is 0.149 e. The molecule has 0 bridgehead atoms. The summed E-state index contributed by atoms with van der Waals surface area (Å²) in [5.41, 5.74) is 2.24. The van der Waals surface area contributed by atoms with Gasteiger partial charge in [-0.3, -0.25) is 4.79 Å². The lowest BCUT2D eigenvalue weighted by Gasteiger charge is -2.12. The van der Waals surface area contributed by atoms with Crippen molar-refractivity contribution in [2.45, 2.75) is 31.0 Å². The summed E-state index contributed by atoms with van der Waals surface area (Å²) in [5, 5.41) is 0.757. The maximum Gasteiger partial charge on any atom is 0.149 e. The Morgan fingerprint density at radius 1 is 1.56 bits per heavy atom. The van der Waals surface area contributed by atoms with E-state index in [0.717, 1.165) is 29.0 Å². The Morgan fingerprint density at radius 2 is 2.25 bits per heavy atom. The van der Waals surface area contributed by atoms with Gasteiger partial charge in [0.1, 0.15) is 5.78 Å². The minimum atomic E-state index is -0.0846. The van der Waals surface area contributed by atoms with Gasteiger partial charge in [0, 0.05) is 10.9 Å². The third kappa shape index (κ3) is 2.67. The van der Waals surface area contributed by atoms with Crippen molar-refractivity contribution in [1.29, 1.82) is 0 Å². The second-order valence-electron chi connectivity index (χ2n) is 4.38. The molecule has 0 amide bonds. The van der Waals surface area contributed by atoms with Crippen molar-refractivity contribution < 1.29 is 4.79 Å². The van der Waals surface area contributed by atoms with Crippen LogP contribution in [0, 0.1) is 12.8 Å². The van der Waals surface area contributed by atoms with Gasteiger partial charge in [0.25, 0.3) is 0 Å². The first-order chi connectivity index (χ1) is 7.59. The lowest BCUT2D eigenvalue weighted by atomic mass is 10.0. The number of carbonyl (C=O) groups excluding carboxylic acids is 1. The number of benzene rings is 1. The molecule has 1 aromatic carbocycles. The van der Waals surface area contributed by atoms with E-state index in [2.05, 4.69) is 15.9 Å². The molecule has 1 aromatic rings. The molecule has 0 aromatic heterocycles. The molecule has 0 N–H and O–H groups in total. The first-order valence-electron chi connectivity index (χ1n) is 5.51. The first kappa shape index (κ1) is 12.1. The Hall–Kier alpha value is -0.340. The number of hydrogen-bond acceptors (Lipinski definition) is 1. The van der Waals surface area contributed by atoms with Crippen LogP contribution in [0.2, 0.25) is 5.02 Å². The molecule has 3 heteroatoms. The minimum absolute atomic E-state index is 0.0846. The lowest BCUT2D eigenvalue weighted by molar-refractivity contribution is -0.119. The largest absolute Gasteiger partial charge is 0.298 e. The minimum Gasteiger partial charge on any atom is -0.298 e. The SMILES string of the molecule is Cc1cccc(Cl)c1CC(Br)C(=O)C1CC1. The average molecular weight is 302 g/mol. The van der Waals surface area contributed by atoms with Gasteiger partial charge >= 0.3 is 0 Å². The maximum atomic E-state index is 11.8. The van der Waals surface area contributed by atoms with Crippen molar-refractivity contribution in [2.24, 2.45) is 5.92 Å². The fourth-order valence-corrected chi connectivity index (χ4v) is 2.82. The predicted molar refractivity (Wildman–Crippen MR) is 70.3 cm³/mol. The summed E-state index contributed by atoms with van der Waals surface area (Å²) < 4.78 is 0. The topological polar surface area (TPSA) is 17.1 Å². The van der Waals surface area contributed by atoms with E-state index in [0.29, 0.717) is 18.1 Å². The van der Waals surface area contributed by atoms with Gasteiger partial charge in [0.15, 0.2) is 0 Å². The number of halogens is 2. The number of ketones is 1. The number of aryl methyl sites for hydroxylation is 1. The predicted octanol–water partition coefficient (Wildman–Crippen LogP) is 3.93. The molecule has 1 unspecified atom stereocenters. The molecular formula is C13H14BrClO. The van der Waals surface area contributed by atoms with E-state index in [1.54, 1.807) is 0 Å². The number of rotatable bonds is 4. The highest BCUT2D eigenvalue weighted by atomic mass is 79.9. The monoisotopic (exact) mass is 300 g/mol. The van der Waals surface area contributed by atoms with Crippen molar-refractivity contribution in [3.8, 4) is 0 Å². The standard InChI is InChI=1S/C13H14BrClO/c1-8-3-2-4-12(15)10(8)7-11(14)13(16)9-5-6-9/h2-4,9,11H,5-7H2,1H3. The van der Waals surface area contributed by atoms with E-state index in [-0.39, 0.29) is 4.83 Å². The zero-order valence-corrected chi connectivity index (χ0v) is 11.5. The fraction of sp³-hybridized carbons (Fsp3) is 0.462. The highest BCUT2D eigenvalue weighted by Crippen LogP contribution is 2.34. The van der Waals surface area contributed by atoms with E-state index >= 15 is 0 Å². The second-order valence-corrected chi connectivity index (χ2v) is 5.90. The molecule has 0 saturated heterocycles. The quantitative estimate of drug-likeness (QED) is 0.770. The first-order valence-corrected chi connectivity index (χ1v) is 6.80. The Morgan fingerprint density at radius 3 is 2.81 bits per heavy atom. The molecule has 0 aliphatic heterocycles. The van der Waals surface area contributed by atoms with Crippen molar-refractivity contribution >= 4 is 33.3 Å². The van der Waals surface area contributed by atoms with Crippen LogP contribution in [-0.2, 0) is 11.2 Å². The summed E-state index contributed by atoms with van der Waals surface area (Å²) in [6.07, 6.45) is 2.81. The van der Waals surface area contributed by atoms with Gasteiger partial charge in [-0.1, -0.05) is 39.7 Å². The fourth-order valence-electron chi connectivity index (χ4n) is 1.83. The van der Waals surface area contributed by atoms with Crippen LogP contribution in [0.5, 0.6) is 0 Å². The van der Waals surface area contributed by atoms with Crippen LogP contribution >= 0.6 is 27.5 Å². The zero-order chi connectivity index (χ0) is 11.7. The summed E-state index contributed by atoms with van der Waals surface area (Å²) in [5.74, 6) is 0.631. The molecule has 86 valence electrons. The van der Waals surface area contributed by atoms with Gasteiger partial charge in [-0.15, -0.1) is 0 Å². The van der Waals surface area contributed by atoms with Crippen LogP contribution < -0.4 is 0 Å². The van der Waals surface area contributed by atoms with Crippen molar-refractivity contribution in [3.05, 3.63) is 34.3 Å². The zero-order valence-electron chi connectivity index (χ0n) is 9.17. The van der Waals surface area contributed by atoms with Crippen LogP contribution in [0.25, 0.3) is 0 Å². The summed E-state index contributed by atoms with van der Waals surface area (Å²) in [4.78, 5) is 11.8. The van der Waals surface area contributed by atoms with E-state index < -0.39 is 0 Å². The number of alkyl halides is 1. The van der Waals surface area contributed by atoms with Crippen LogP contribution in [0.3, 0.4) is 0 Å². The van der Waals surface area contributed by atoms with E-state index in [1.807, 2.05) is 25.1 Å². The van der Waals surface area contributed by atoms with Crippen LogP contribution in [-0.4, -0.2) is 10.6 Å². The molecule has 0 spiro atoms. The molecule has 1 aliphatic rings. The van der Waals surface area contributed by atoms with Gasteiger partial charge in [0.05, 0.1) is 4.83 Å². The number of hydrogen-bond donors (Lipinski definition) is 0. The van der Waals surface area contributed by atoms with Gasteiger partial charge in [-0.25, -0.2) is 0 Å². The average Bonchev–Trinajstić information content (AvgIpc) is 3.06. The van der Waals surface area contributed by atoms with E-state index in [1.165, 1.54) is 0 Å². The molecule has 2 rings (SSSR count). The molecule has 1 aliphatic carbocycles. The summed E-state index contributed by atoms with van der Waals surface area (Å²) in [6.45, 7) is 2.03. The van der Waals surface area contributed by atoms with E-state index in [4.69, 9.17) is 11.6 Å². The summed E-state index contributed by atoms with van der Waals surface area (Å²) in [7, 11) is 0. The number of carbonyl (C=O) groups is 1. The molecule has 1 saturated carbocycles. The van der Waals surface area contributed by atoms with Gasteiger partial charge in [0.2, 0.25) is 0 Å². The third-order valence-electron chi connectivity index (χ3n) is 3.02. The van der Waals surface area contributed by atoms with Crippen molar-refractivity contribution in [3.63, 3.8) is 0 Å². The lowest BCUT2D eigenvalue weighted by Crippen LogP contribution is -2.19. The molecule has 0 radical (unpaired) electrons. The molecule has 1 atom stereocenters. The Balaban J connectivity index is 2.10. The third-order valence-corrected chi connectivity index (χ3v) is 4.15. The maximum absolute atomic E-state index is 11.8. The number of Topliss-reactive ketones (excluding diaryl/α,β-unsaturated/α-hetero) is 1. The Bertz CT molecular complexity index is 392. The second kappa shape index (κ2) is 4.89. The molecule has 1 fully saturated rings. The normalized spacial score (nSPS) is 17.2. The Kier molecular flexibility index (Phi) is 3.70. The van der Waals surface area contributed by atoms with E-state index in [9.17, 15) is 4.79 Å². The molecule has 0 heterocycles. The molecular weight excluding hydrogens is 287 g/mol. The molecule has 16 heavy (non-hydrogen) atoms. The van der Waals surface area contributed by atoms with Gasteiger partial charge in [-0.05, 0) is 43.4 Å². The highest BCUT2D eigenvalue weighted by Gasteiger charge is 2.33. The molecule has 1 nitrogen and oxygen atoms in total. The summed E-state index contributed by atoms with van der Waals surface area (Å²) >= 11 is 9.62. The van der Waals surface area contributed by atoms with Crippen LogP contribution in [0.15, 0.2) is 18.2 Å². The Labute approximate surface area is 109 Å². The van der Waals surface area contributed by atoms with Gasteiger partial charge < -0.3 is 0 Å². The van der Waals surface area contributed by atoms with Crippen LogP contribution in [0.1, 0.15) is 24.0 Å². The van der Waals surface area contributed by atoms with Gasteiger partial charge in [-0.2, -0.15) is 0 Å². The van der Waals surface area contributed by atoms with Crippen molar-refractivity contribution in [2.75, 3.05) is 0 Å².